The summed E-state index contributed by atoms with van der Waals surface area (Å²) in [6.45, 7) is 3.08. The molecule has 0 aliphatic carbocycles. The second kappa shape index (κ2) is 5.14. The highest BCUT2D eigenvalue weighted by molar-refractivity contribution is 5.77. The normalized spacial score (nSPS) is 13.1. The van der Waals surface area contributed by atoms with Crippen LogP contribution in [-0.4, -0.2) is 24.3 Å². The number of hydrogen-bond acceptors (Lipinski definition) is 3. The van der Waals surface area contributed by atoms with Crippen molar-refractivity contribution in [2.24, 2.45) is 0 Å². The van der Waals surface area contributed by atoms with E-state index in [9.17, 15) is 5.11 Å². The highest BCUT2D eigenvalue weighted by atomic mass is 16.3. The van der Waals surface area contributed by atoms with Crippen LogP contribution in [0.15, 0.2) is 34.9 Å². The number of aliphatic hydroxyl groups is 1. The summed E-state index contributed by atoms with van der Waals surface area (Å²) in [5, 5.41) is 13.6. The molecule has 2 N–H and O–H groups in total. The SMILES string of the molecule is CCNC(CO)Cc1ccc2occc2c1. The summed E-state index contributed by atoms with van der Waals surface area (Å²) in [4.78, 5) is 0. The van der Waals surface area contributed by atoms with Gasteiger partial charge in [0.15, 0.2) is 0 Å². The molecular formula is C13H17NO2. The lowest BCUT2D eigenvalue weighted by Crippen LogP contribution is -2.34. The zero-order chi connectivity index (χ0) is 11.4. The van der Waals surface area contributed by atoms with E-state index in [0.29, 0.717) is 0 Å². The third kappa shape index (κ3) is 2.43. The molecule has 0 saturated carbocycles. The Morgan fingerprint density at radius 2 is 2.25 bits per heavy atom. The lowest BCUT2D eigenvalue weighted by Gasteiger charge is -2.14. The van der Waals surface area contributed by atoms with Crippen LogP contribution in [0.3, 0.4) is 0 Å². The number of rotatable bonds is 5. The Kier molecular flexibility index (Phi) is 3.59. The van der Waals surface area contributed by atoms with Crippen LogP contribution in [0.1, 0.15) is 12.5 Å². The Morgan fingerprint density at radius 3 is 3.00 bits per heavy atom. The number of nitrogens with one attached hydrogen (secondary N) is 1. The van der Waals surface area contributed by atoms with Gasteiger partial charge < -0.3 is 14.8 Å². The zero-order valence-corrected chi connectivity index (χ0v) is 9.44. The predicted octanol–water partition coefficient (Wildman–Crippen LogP) is 1.95. The maximum Gasteiger partial charge on any atom is 0.133 e. The summed E-state index contributed by atoms with van der Waals surface area (Å²) in [6, 6.07) is 8.23. The lowest BCUT2D eigenvalue weighted by atomic mass is 10.0. The number of hydrogen-bond donors (Lipinski definition) is 2. The molecule has 0 fully saturated rings. The van der Waals surface area contributed by atoms with Gasteiger partial charge in [0.1, 0.15) is 5.58 Å². The van der Waals surface area contributed by atoms with Gasteiger partial charge in [-0.25, -0.2) is 0 Å². The number of benzene rings is 1. The minimum atomic E-state index is 0.134. The fraction of sp³-hybridized carbons (Fsp3) is 0.385. The van der Waals surface area contributed by atoms with Gasteiger partial charge in [0, 0.05) is 11.4 Å². The molecule has 0 saturated heterocycles. The lowest BCUT2D eigenvalue weighted by molar-refractivity contribution is 0.243. The molecule has 1 aromatic carbocycles. The van der Waals surface area contributed by atoms with Crippen molar-refractivity contribution in [3.8, 4) is 0 Å². The van der Waals surface area contributed by atoms with Crippen LogP contribution in [-0.2, 0) is 6.42 Å². The molecule has 0 bridgehead atoms. The Morgan fingerprint density at radius 1 is 1.38 bits per heavy atom. The van der Waals surface area contributed by atoms with E-state index in [2.05, 4.69) is 11.4 Å². The van der Waals surface area contributed by atoms with Crippen LogP contribution >= 0.6 is 0 Å². The van der Waals surface area contributed by atoms with Gasteiger partial charge in [-0.2, -0.15) is 0 Å². The van der Waals surface area contributed by atoms with E-state index in [1.165, 1.54) is 5.56 Å². The second-order valence-corrected chi connectivity index (χ2v) is 3.93. The molecule has 1 heterocycles. The van der Waals surface area contributed by atoms with E-state index in [-0.39, 0.29) is 12.6 Å². The quantitative estimate of drug-likeness (QED) is 0.808. The van der Waals surface area contributed by atoms with Crippen molar-refractivity contribution in [3.05, 3.63) is 36.1 Å². The standard InChI is InChI=1S/C13H17NO2/c1-2-14-12(9-15)8-10-3-4-13-11(7-10)5-6-16-13/h3-7,12,14-15H,2,8-9H2,1H3. The fourth-order valence-electron chi connectivity index (χ4n) is 1.92. The maximum atomic E-state index is 9.21. The average molecular weight is 219 g/mol. The van der Waals surface area contributed by atoms with Crippen LogP contribution in [0.25, 0.3) is 11.0 Å². The molecule has 0 aliphatic rings. The highest BCUT2D eigenvalue weighted by Gasteiger charge is 2.07. The highest BCUT2D eigenvalue weighted by Crippen LogP contribution is 2.17. The molecular weight excluding hydrogens is 202 g/mol. The van der Waals surface area contributed by atoms with Gasteiger partial charge in [-0.15, -0.1) is 0 Å². The summed E-state index contributed by atoms with van der Waals surface area (Å²) in [5.41, 5.74) is 2.13. The van der Waals surface area contributed by atoms with E-state index in [1.807, 2.05) is 25.1 Å². The number of likely N-dealkylation sites (N-methyl/N-ethyl adjacent to an activating group) is 1. The van der Waals surface area contributed by atoms with Crippen LogP contribution < -0.4 is 5.32 Å². The van der Waals surface area contributed by atoms with Gasteiger partial charge in [0.05, 0.1) is 12.9 Å². The first-order valence-electron chi connectivity index (χ1n) is 5.64. The first kappa shape index (κ1) is 11.2. The second-order valence-electron chi connectivity index (χ2n) is 3.93. The number of furan rings is 1. The predicted molar refractivity (Wildman–Crippen MR) is 64.5 cm³/mol. The van der Waals surface area contributed by atoms with Crippen LogP contribution in [0, 0.1) is 0 Å². The third-order valence-electron chi connectivity index (χ3n) is 2.71. The van der Waals surface area contributed by atoms with E-state index in [1.54, 1.807) is 6.26 Å². The maximum absolute atomic E-state index is 9.21. The fourth-order valence-corrected chi connectivity index (χ4v) is 1.92. The van der Waals surface area contributed by atoms with Crippen molar-refractivity contribution in [1.29, 1.82) is 0 Å². The third-order valence-corrected chi connectivity index (χ3v) is 2.71. The molecule has 0 amide bonds. The molecule has 86 valence electrons. The Labute approximate surface area is 95.1 Å². The Hall–Kier alpha value is -1.32. The number of fused-ring (bicyclic) bond motifs is 1. The largest absolute Gasteiger partial charge is 0.464 e. The number of aliphatic hydroxyl groups excluding tert-OH is 1. The van der Waals surface area contributed by atoms with E-state index >= 15 is 0 Å². The van der Waals surface area contributed by atoms with Gasteiger partial charge in [-0.3, -0.25) is 0 Å². The van der Waals surface area contributed by atoms with Gasteiger partial charge in [0.25, 0.3) is 0 Å². The molecule has 2 aromatic rings. The molecule has 3 heteroatoms. The van der Waals surface area contributed by atoms with Crippen LogP contribution in [0.2, 0.25) is 0 Å². The average Bonchev–Trinajstić information content (AvgIpc) is 2.75. The molecule has 0 radical (unpaired) electrons. The van der Waals surface area contributed by atoms with Gasteiger partial charge in [0.2, 0.25) is 0 Å². The van der Waals surface area contributed by atoms with Crippen molar-refractivity contribution in [2.45, 2.75) is 19.4 Å². The summed E-state index contributed by atoms with van der Waals surface area (Å²) in [7, 11) is 0. The van der Waals surface area contributed by atoms with Gasteiger partial charge in [-0.1, -0.05) is 13.0 Å². The van der Waals surface area contributed by atoms with E-state index in [0.717, 1.165) is 23.9 Å². The van der Waals surface area contributed by atoms with Crippen molar-refractivity contribution in [1.82, 2.24) is 5.32 Å². The van der Waals surface area contributed by atoms with E-state index in [4.69, 9.17) is 4.42 Å². The smallest absolute Gasteiger partial charge is 0.133 e. The summed E-state index contributed by atoms with van der Waals surface area (Å²) >= 11 is 0. The molecule has 16 heavy (non-hydrogen) atoms. The van der Waals surface area contributed by atoms with Crippen molar-refractivity contribution in [2.75, 3.05) is 13.2 Å². The molecule has 2 rings (SSSR count). The minimum Gasteiger partial charge on any atom is -0.464 e. The molecule has 3 nitrogen and oxygen atoms in total. The van der Waals surface area contributed by atoms with Gasteiger partial charge in [-0.05, 0) is 36.7 Å². The monoisotopic (exact) mass is 219 g/mol. The Bertz CT molecular complexity index is 450. The molecule has 1 atom stereocenters. The summed E-state index contributed by atoms with van der Waals surface area (Å²) in [5.74, 6) is 0. The minimum absolute atomic E-state index is 0.134. The molecule has 0 aliphatic heterocycles. The van der Waals surface area contributed by atoms with E-state index < -0.39 is 0 Å². The first-order chi connectivity index (χ1) is 7.83. The topological polar surface area (TPSA) is 45.4 Å². The van der Waals surface area contributed by atoms with Crippen molar-refractivity contribution in [3.63, 3.8) is 0 Å². The molecule has 0 spiro atoms. The van der Waals surface area contributed by atoms with Crippen LogP contribution in [0.4, 0.5) is 0 Å². The first-order valence-corrected chi connectivity index (χ1v) is 5.64. The summed E-state index contributed by atoms with van der Waals surface area (Å²) < 4.78 is 5.29. The van der Waals surface area contributed by atoms with Crippen molar-refractivity contribution < 1.29 is 9.52 Å². The van der Waals surface area contributed by atoms with Crippen molar-refractivity contribution >= 4 is 11.0 Å². The van der Waals surface area contributed by atoms with Crippen LogP contribution in [0.5, 0.6) is 0 Å². The zero-order valence-electron chi connectivity index (χ0n) is 9.44. The summed E-state index contributed by atoms with van der Waals surface area (Å²) in [6.07, 6.45) is 2.54. The molecule has 1 aromatic heterocycles. The molecule has 1 unspecified atom stereocenters. The Balaban J connectivity index is 2.13. The van der Waals surface area contributed by atoms with Gasteiger partial charge >= 0.3 is 0 Å².